The first-order valence-corrected chi connectivity index (χ1v) is 4.36. The van der Waals surface area contributed by atoms with Crippen LogP contribution in [0.5, 0.6) is 0 Å². The molecular weight excluding hydrogens is 194 g/mol. The number of carbonyl (C=O) groups excluding carboxylic acids is 1. The lowest BCUT2D eigenvalue weighted by Crippen LogP contribution is -2.24. The monoisotopic (exact) mass is 202 g/mol. The van der Waals surface area contributed by atoms with Gasteiger partial charge in [0.25, 0.3) is 0 Å². The Morgan fingerprint density at radius 3 is 2.87 bits per heavy atom. The molecule has 0 aromatic heterocycles. The predicted octanol–water partition coefficient (Wildman–Crippen LogP) is 0.836. The van der Waals surface area contributed by atoms with Crippen molar-refractivity contribution in [3.63, 3.8) is 0 Å². The van der Waals surface area contributed by atoms with Gasteiger partial charge in [0.1, 0.15) is 5.92 Å². The molecule has 0 aliphatic heterocycles. The molecule has 3 N–H and O–H groups in total. The number of benzene rings is 1. The van der Waals surface area contributed by atoms with Gasteiger partial charge in [-0.15, -0.1) is 0 Å². The van der Waals surface area contributed by atoms with Crippen molar-refractivity contribution in [1.82, 2.24) is 0 Å². The first kappa shape index (κ1) is 9.45. The summed E-state index contributed by atoms with van der Waals surface area (Å²) in [5, 5.41) is 8.95. The summed E-state index contributed by atoms with van der Waals surface area (Å²) in [6.07, 6.45) is 3.86. The van der Waals surface area contributed by atoms with Crippen molar-refractivity contribution in [3.05, 3.63) is 35.4 Å². The van der Waals surface area contributed by atoms with Crippen molar-refractivity contribution < 1.29 is 14.7 Å². The molecule has 4 heteroatoms. The van der Waals surface area contributed by atoms with E-state index in [4.69, 9.17) is 10.8 Å². The van der Waals surface area contributed by atoms with Gasteiger partial charge in [-0.25, -0.2) is 0 Å². The summed E-state index contributed by atoms with van der Waals surface area (Å²) in [5.74, 6) is -2.97. The standard InChI is InChI=1S/C11H8NO3/c12-7-3-1-2-6-4-5-8(13)10(9(6)7)11(14)15/h1-4,10H,12H2,(H,14,15). The minimum atomic E-state index is -1.22. The molecular formula is C11H8NO3. The van der Waals surface area contributed by atoms with E-state index >= 15 is 0 Å². The first-order chi connectivity index (χ1) is 7.11. The lowest BCUT2D eigenvalue weighted by atomic mass is 9.85. The van der Waals surface area contributed by atoms with Crippen LogP contribution in [0.4, 0.5) is 5.69 Å². The van der Waals surface area contributed by atoms with Gasteiger partial charge in [0.15, 0.2) is 5.78 Å². The van der Waals surface area contributed by atoms with Gasteiger partial charge in [-0.1, -0.05) is 12.1 Å². The van der Waals surface area contributed by atoms with Crippen LogP contribution in [0.2, 0.25) is 0 Å². The summed E-state index contributed by atoms with van der Waals surface area (Å²) in [4.78, 5) is 22.3. The van der Waals surface area contributed by atoms with E-state index in [-0.39, 0.29) is 0 Å². The Labute approximate surface area is 86.0 Å². The molecule has 1 aromatic carbocycles. The van der Waals surface area contributed by atoms with Crippen LogP contribution in [0.3, 0.4) is 0 Å². The molecule has 4 nitrogen and oxygen atoms in total. The molecule has 1 unspecified atom stereocenters. The SMILES string of the molecule is Nc1cccc2c1C(C(=O)O)C(=O)[C]=C2. The molecule has 75 valence electrons. The molecule has 15 heavy (non-hydrogen) atoms. The fourth-order valence-electron chi connectivity index (χ4n) is 1.66. The highest BCUT2D eigenvalue weighted by molar-refractivity contribution is 6.12. The van der Waals surface area contributed by atoms with Crippen LogP contribution in [0.15, 0.2) is 18.2 Å². The van der Waals surface area contributed by atoms with Crippen molar-refractivity contribution in [3.8, 4) is 0 Å². The Morgan fingerprint density at radius 1 is 1.47 bits per heavy atom. The van der Waals surface area contributed by atoms with Crippen molar-refractivity contribution in [1.29, 1.82) is 0 Å². The molecule has 0 fully saturated rings. The number of anilines is 1. The van der Waals surface area contributed by atoms with E-state index in [1.807, 2.05) is 0 Å². The van der Waals surface area contributed by atoms with Gasteiger partial charge in [0, 0.05) is 17.3 Å². The molecule has 1 radical (unpaired) electrons. The summed E-state index contributed by atoms with van der Waals surface area (Å²) in [6.45, 7) is 0. The molecule has 1 atom stereocenters. The third kappa shape index (κ3) is 1.40. The number of carbonyl (C=O) groups is 2. The maximum atomic E-state index is 11.4. The number of nitrogens with two attached hydrogens (primary N) is 1. The van der Waals surface area contributed by atoms with Crippen molar-refractivity contribution in [2.75, 3.05) is 5.73 Å². The quantitative estimate of drug-likeness (QED) is 0.522. The number of allylic oxidation sites excluding steroid dienone is 1. The van der Waals surface area contributed by atoms with Crippen molar-refractivity contribution in [2.45, 2.75) is 5.92 Å². The minimum absolute atomic E-state index is 0.325. The maximum Gasteiger partial charge on any atom is 0.319 e. The number of fused-ring (bicyclic) bond motifs is 1. The summed E-state index contributed by atoms with van der Waals surface area (Å²) >= 11 is 0. The topological polar surface area (TPSA) is 80.4 Å². The van der Waals surface area contributed by atoms with E-state index in [0.29, 0.717) is 16.8 Å². The zero-order chi connectivity index (χ0) is 11.0. The van der Waals surface area contributed by atoms with Crippen LogP contribution in [0.25, 0.3) is 6.08 Å². The second-order valence-electron chi connectivity index (χ2n) is 3.27. The van der Waals surface area contributed by atoms with Gasteiger partial charge in [0.2, 0.25) is 0 Å². The molecule has 1 aliphatic rings. The Kier molecular flexibility index (Phi) is 2.04. The van der Waals surface area contributed by atoms with Gasteiger partial charge in [-0.05, 0) is 17.7 Å². The van der Waals surface area contributed by atoms with Crippen molar-refractivity contribution >= 4 is 23.5 Å². The number of ketones is 1. The average Bonchev–Trinajstić information content (AvgIpc) is 2.18. The van der Waals surface area contributed by atoms with E-state index in [0.717, 1.165) is 0 Å². The molecule has 0 heterocycles. The van der Waals surface area contributed by atoms with Gasteiger partial charge in [0.05, 0.1) is 0 Å². The smallest absolute Gasteiger partial charge is 0.319 e. The number of Topliss-reactive ketones (excluding diaryl/α,β-unsaturated/α-hetero) is 1. The zero-order valence-corrected chi connectivity index (χ0v) is 7.73. The van der Waals surface area contributed by atoms with Crippen LogP contribution < -0.4 is 5.73 Å². The third-order valence-electron chi connectivity index (χ3n) is 2.34. The fraction of sp³-hybridized carbons (Fsp3) is 0.0909. The highest BCUT2D eigenvalue weighted by atomic mass is 16.4. The number of aliphatic carboxylic acids is 1. The number of nitrogen functional groups attached to an aromatic ring is 1. The molecule has 0 saturated heterocycles. The Bertz CT molecular complexity index is 477. The molecule has 1 aliphatic carbocycles. The van der Waals surface area contributed by atoms with Crippen LogP contribution >= 0.6 is 0 Å². The van der Waals surface area contributed by atoms with Gasteiger partial charge < -0.3 is 10.8 Å². The lowest BCUT2D eigenvalue weighted by molar-refractivity contribution is -0.141. The summed E-state index contributed by atoms with van der Waals surface area (Å²) in [7, 11) is 0. The molecule has 0 saturated carbocycles. The largest absolute Gasteiger partial charge is 0.480 e. The van der Waals surface area contributed by atoms with Crippen LogP contribution in [0.1, 0.15) is 17.0 Å². The Morgan fingerprint density at radius 2 is 2.20 bits per heavy atom. The minimum Gasteiger partial charge on any atom is -0.480 e. The fourth-order valence-corrected chi connectivity index (χ4v) is 1.66. The highest BCUT2D eigenvalue weighted by Crippen LogP contribution is 2.31. The zero-order valence-electron chi connectivity index (χ0n) is 7.73. The number of hydrogen-bond acceptors (Lipinski definition) is 3. The number of carboxylic acids is 1. The molecule has 0 amide bonds. The molecule has 2 rings (SSSR count). The summed E-state index contributed by atoms with van der Waals surface area (Å²) < 4.78 is 0. The predicted molar refractivity (Wildman–Crippen MR) is 53.9 cm³/mol. The Balaban J connectivity index is 2.67. The van der Waals surface area contributed by atoms with Gasteiger partial charge in [-0.2, -0.15) is 0 Å². The van der Waals surface area contributed by atoms with Crippen LogP contribution in [0, 0.1) is 6.08 Å². The van der Waals surface area contributed by atoms with E-state index in [2.05, 4.69) is 6.08 Å². The third-order valence-corrected chi connectivity index (χ3v) is 2.34. The van der Waals surface area contributed by atoms with Gasteiger partial charge in [-0.3, -0.25) is 9.59 Å². The van der Waals surface area contributed by atoms with E-state index in [1.54, 1.807) is 18.2 Å². The molecule has 1 aromatic rings. The van der Waals surface area contributed by atoms with E-state index in [1.165, 1.54) is 6.08 Å². The van der Waals surface area contributed by atoms with E-state index in [9.17, 15) is 9.59 Å². The van der Waals surface area contributed by atoms with Crippen LogP contribution in [-0.2, 0) is 9.59 Å². The average molecular weight is 202 g/mol. The van der Waals surface area contributed by atoms with Crippen molar-refractivity contribution in [2.24, 2.45) is 0 Å². The van der Waals surface area contributed by atoms with Gasteiger partial charge >= 0.3 is 5.97 Å². The van der Waals surface area contributed by atoms with Crippen LogP contribution in [-0.4, -0.2) is 16.9 Å². The lowest BCUT2D eigenvalue weighted by Gasteiger charge is -2.18. The second-order valence-corrected chi connectivity index (χ2v) is 3.27. The Hall–Kier alpha value is -2.10. The summed E-state index contributed by atoms with van der Waals surface area (Å²) in [5.41, 5.74) is 7.00. The molecule has 0 bridgehead atoms. The van der Waals surface area contributed by atoms with E-state index < -0.39 is 17.7 Å². The second kappa shape index (κ2) is 3.24. The normalized spacial score (nSPS) is 18.7. The number of carboxylic acid groups (broad SMARTS) is 1. The number of hydrogen-bond donors (Lipinski definition) is 2. The summed E-state index contributed by atoms with van der Waals surface area (Å²) in [6, 6.07) is 5.00. The first-order valence-electron chi connectivity index (χ1n) is 4.36. The highest BCUT2D eigenvalue weighted by Gasteiger charge is 2.32. The number of rotatable bonds is 1. The molecule has 0 spiro atoms. The maximum absolute atomic E-state index is 11.4.